The molecule has 0 aliphatic heterocycles. The van der Waals surface area contributed by atoms with Gasteiger partial charge in [-0.3, -0.25) is 4.79 Å². The molecule has 0 unspecified atom stereocenters. The number of methoxy groups -OCH3 is 1. The molecule has 4 heteroatoms. The van der Waals surface area contributed by atoms with Crippen LogP contribution in [0, 0.1) is 6.92 Å². The van der Waals surface area contributed by atoms with Gasteiger partial charge in [0.2, 0.25) is 5.91 Å². The summed E-state index contributed by atoms with van der Waals surface area (Å²) in [5, 5.41) is 2.66. The highest BCUT2D eigenvalue weighted by molar-refractivity contribution is 5.75. The van der Waals surface area contributed by atoms with Crippen LogP contribution in [0.15, 0.2) is 18.2 Å². The maximum absolute atomic E-state index is 11.2. The zero-order valence-electron chi connectivity index (χ0n) is 13.7. The van der Waals surface area contributed by atoms with E-state index in [0.29, 0.717) is 6.42 Å². The van der Waals surface area contributed by atoms with Gasteiger partial charge in [0.05, 0.1) is 7.11 Å². The van der Waals surface area contributed by atoms with Crippen molar-refractivity contribution in [2.75, 3.05) is 33.8 Å². The third-order valence-electron chi connectivity index (χ3n) is 3.86. The van der Waals surface area contributed by atoms with Crippen LogP contribution in [0.3, 0.4) is 0 Å². The third kappa shape index (κ3) is 6.17. The fourth-order valence-corrected chi connectivity index (χ4v) is 2.34. The fraction of sp³-hybridized carbons (Fsp3) is 0.588. The van der Waals surface area contributed by atoms with E-state index in [4.69, 9.17) is 4.74 Å². The number of hydrogen-bond donors (Lipinski definition) is 1. The van der Waals surface area contributed by atoms with E-state index in [-0.39, 0.29) is 5.91 Å². The first-order chi connectivity index (χ1) is 10.1. The van der Waals surface area contributed by atoms with E-state index in [1.807, 2.05) is 6.07 Å². The fourth-order valence-electron chi connectivity index (χ4n) is 2.34. The van der Waals surface area contributed by atoms with Crippen LogP contribution in [-0.4, -0.2) is 44.6 Å². The zero-order chi connectivity index (χ0) is 15.7. The minimum Gasteiger partial charge on any atom is -0.497 e. The molecule has 118 valence electrons. The van der Waals surface area contributed by atoms with Gasteiger partial charge in [-0.1, -0.05) is 13.0 Å². The Labute approximate surface area is 128 Å². The minimum absolute atomic E-state index is 0.120. The molecule has 1 N–H and O–H groups in total. The number of rotatable bonds is 9. The number of ether oxygens (including phenoxy) is 1. The van der Waals surface area contributed by atoms with Crippen molar-refractivity contribution in [1.29, 1.82) is 0 Å². The van der Waals surface area contributed by atoms with Gasteiger partial charge in [0.15, 0.2) is 0 Å². The van der Waals surface area contributed by atoms with Gasteiger partial charge in [-0.25, -0.2) is 0 Å². The van der Waals surface area contributed by atoms with Gasteiger partial charge in [-0.2, -0.15) is 0 Å². The van der Waals surface area contributed by atoms with Crippen molar-refractivity contribution in [2.24, 2.45) is 0 Å². The van der Waals surface area contributed by atoms with E-state index in [0.717, 1.165) is 38.2 Å². The van der Waals surface area contributed by atoms with Crippen LogP contribution in [0.2, 0.25) is 0 Å². The normalized spacial score (nSPS) is 10.7. The molecule has 4 nitrogen and oxygen atoms in total. The Morgan fingerprint density at radius 1 is 1.33 bits per heavy atom. The molecule has 0 atom stereocenters. The van der Waals surface area contributed by atoms with Crippen LogP contribution < -0.4 is 10.1 Å². The second-order valence-electron chi connectivity index (χ2n) is 5.25. The predicted octanol–water partition coefficient (Wildman–Crippen LogP) is 2.39. The van der Waals surface area contributed by atoms with E-state index in [9.17, 15) is 4.79 Å². The third-order valence-corrected chi connectivity index (χ3v) is 3.86. The maximum Gasteiger partial charge on any atom is 0.219 e. The van der Waals surface area contributed by atoms with Crippen molar-refractivity contribution in [3.8, 4) is 5.75 Å². The van der Waals surface area contributed by atoms with Gasteiger partial charge in [-0.05, 0) is 56.1 Å². The summed E-state index contributed by atoms with van der Waals surface area (Å²) in [6.45, 7) is 7.29. The Hall–Kier alpha value is -1.55. The summed E-state index contributed by atoms with van der Waals surface area (Å²) in [7, 11) is 3.39. The molecule has 0 spiro atoms. The van der Waals surface area contributed by atoms with Gasteiger partial charge in [-0.15, -0.1) is 0 Å². The molecule has 1 aromatic rings. The summed E-state index contributed by atoms with van der Waals surface area (Å²) in [6, 6.07) is 6.23. The molecule has 0 saturated carbocycles. The van der Waals surface area contributed by atoms with Gasteiger partial charge in [0.1, 0.15) is 5.75 Å². The quantitative estimate of drug-likeness (QED) is 0.760. The SMILES string of the molecule is CCN(CCCC(=O)NC)CCc1cc(OC)ccc1C. The lowest BCUT2D eigenvalue weighted by Gasteiger charge is -2.20. The van der Waals surface area contributed by atoms with Crippen LogP contribution in [0.4, 0.5) is 0 Å². The number of likely N-dealkylation sites (N-methyl/N-ethyl adjacent to an activating group) is 1. The number of nitrogens with one attached hydrogen (secondary N) is 1. The van der Waals surface area contributed by atoms with Gasteiger partial charge < -0.3 is 15.0 Å². The predicted molar refractivity (Wildman–Crippen MR) is 86.8 cm³/mol. The lowest BCUT2D eigenvalue weighted by atomic mass is 10.0. The Balaban J connectivity index is 2.45. The van der Waals surface area contributed by atoms with Gasteiger partial charge >= 0.3 is 0 Å². The maximum atomic E-state index is 11.2. The molecule has 0 aliphatic rings. The molecule has 0 aliphatic carbocycles. The van der Waals surface area contributed by atoms with Gasteiger partial charge in [0, 0.05) is 20.0 Å². The van der Waals surface area contributed by atoms with Crippen LogP contribution in [-0.2, 0) is 11.2 Å². The molecular formula is C17H28N2O2. The molecule has 0 saturated heterocycles. The first kappa shape index (κ1) is 17.5. The summed E-state index contributed by atoms with van der Waals surface area (Å²) in [6.07, 6.45) is 2.52. The minimum atomic E-state index is 0.120. The van der Waals surface area contributed by atoms with E-state index >= 15 is 0 Å². The van der Waals surface area contributed by atoms with Crippen molar-refractivity contribution in [3.05, 3.63) is 29.3 Å². The molecule has 0 radical (unpaired) electrons. The zero-order valence-corrected chi connectivity index (χ0v) is 13.7. The highest BCUT2D eigenvalue weighted by Gasteiger charge is 2.07. The van der Waals surface area contributed by atoms with Crippen LogP contribution >= 0.6 is 0 Å². The Morgan fingerprint density at radius 3 is 2.71 bits per heavy atom. The number of carbonyl (C=O) groups excluding carboxylic acids is 1. The van der Waals surface area contributed by atoms with E-state index in [1.165, 1.54) is 11.1 Å². The highest BCUT2D eigenvalue weighted by Crippen LogP contribution is 2.17. The van der Waals surface area contributed by atoms with E-state index in [1.54, 1.807) is 14.2 Å². The number of aryl methyl sites for hydroxylation is 1. The standard InChI is InChI=1S/C17H28N2O2/c1-5-19(11-6-7-17(20)18-3)12-10-15-13-16(21-4)9-8-14(15)2/h8-9,13H,5-7,10-12H2,1-4H3,(H,18,20). The van der Waals surface area contributed by atoms with E-state index < -0.39 is 0 Å². The molecule has 1 amide bonds. The molecular weight excluding hydrogens is 264 g/mol. The Morgan fingerprint density at radius 2 is 2.10 bits per heavy atom. The second-order valence-corrected chi connectivity index (χ2v) is 5.25. The van der Waals surface area contributed by atoms with Crippen molar-refractivity contribution < 1.29 is 9.53 Å². The molecule has 0 heterocycles. The Bertz CT molecular complexity index is 446. The van der Waals surface area contributed by atoms with Crippen LogP contribution in [0.5, 0.6) is 5.75 Å². The highest BCUT2D eigenvalue weighted by atomic mass is 16.5. The second kappa shape index (κ2) is 9.40. The van der Waals surface area contributed by atoms with Crippen molar-refractivity contribution >= 4 is 5.91 Å². The lowest BCUT2D eigenvalue weighted by molar-refractivity contribution is -0.120. The number of amides is 1. The van der Waals surface area contributed by atoms with E-state index in [2.05, 4.69) is 36.2 Å². The van der Waals surface area contributed by atoms with Crippen LogP contribution in [0.1, 0.15) is 30.9 Å². The number of carbonyl (C=O) groups is 1. The summed E-state index contributed by atoms with van der Waals surface area (Å²) in [5.41, 5.74) is 2.64. The summed E-state index contributed by atoms with van der Waals surface area (Å²) in [5.74, 6) is 1.04. The Kier molecular flexibility index (Phi) is 7.83. The monoisotopic (exact) mass is 292 g/mol. The summed E-state index contributed by atoms with van der Waals surface area (Å²) < 4.78 is 5.29. The molecule has 0 fully saturated rings. The summed E-state index contributed by atoms with van der Waals surface area (Å²) in [4.78, 5) is 13.6. The smallest absolute Gasteiger partial charge is 0.219 e. The molecule has 21 heavy (non-hydrogen) atoms. The molecule has 0 aromatic heterocycles. The number of benzene rings is 1. The molecule has 1 rings (SSSR count). The molecule has 0 bridgehead atoms. The average molecular weight is 292 g/mol. The van der Waals surface area contributed by atoms with Crippen molar-refractivity contribution in [1.82, 2.24) is 10.2 Å². The summed E-state index contributed by atoms with van der Waals surface area (Å²) >= 11 is 0. The average Bonchev–Trinajstić information content (AvgIpc) is 2.51. The van der Waals surface area contributed by atoms with Crippen molar-refractivity contribution in [2.45, 2.75) is 33.1 Å². The first-order valence-electron chi connectivity index (χ1n) is 7.67. The molecule has 1 aromatic carbocycles. The van der Waals surface area contributed by atoms with Crippen LogP contribution in [0.25, 0.3) is 0 Å². The van der Waals surface area contributed by atoms with Crippen molar-refractivity contribution in [3.63, 3.8) is 0 Å². The topological polar surface area (TPSA) is 41.6 Å². The lowest BCUT2D eigenvalue weighted by Crippen LogP contribution is -2.28. The first-order valence-corrected chi connectivity index (χ1v) is 7.67. The number of hydrogen-bond acceptors (Lipinski definition) is 3. The van der Waals surface area contributed by atoms with Gasteiger partial charge in [0.25, 0.3) is 0 Å². The number of nitrogens with zero attached hydrogens (tertiary/aromatic N) is 1. The largest absolute Gasteiger partial charge is 0.497 e.